The lowest BCUT2D eigenvalue weighted by atomic mass is 10.1. The highest BCUT2D eigenvalue weighted by Crippen LogP contribution is 2.23. The second kappa shape index (κ2) is 12.4. The number of hydrogen-bond donors (Lipinski definition) is 0. The zero-order valence-corrected chi connectivity index (χ0v) is 20.0. The Bertz CT molecular complexity index is 1100. The molecule has 0 N–H and O–H groups in total. The Balaban J connectivity index is 1.54. The first-order valence-electron chi connectivity index (χ1n) is 11.4. The van der Waals surface area contributed by atoms with Crippen LogP contribution in [0.1, 0.15) is 42.6 Å². The van der Waals surface area contributed by atoms with Crippen LogP contribution in [0.5, 0.6) is 5.75 Å². The van der Waals surface area contributed by atoms with Gasteiger partial charge in [-0.15, -0.1) is 0 Å². The lowest BCUT2D eigenvalue weighted by Gasteiger charge is -2.20. The molecule has 0 atom stereocenters. The molecule has 2 aromatic carbocycles. The summed E-state index contributed by atoms with van der Waals surface area (Å²) in [5.74, 6) is 1.14. The van der Waals surface area contributed by atoms with E-state index in [1.54, 1.807) is 25.1 Å². The molecule has 1 amide bonds. The molecule has 6 nitrogen and oxygen atoms in total. The van der Waals surface area contributed by atoms with Crippen molar-refractivity contribution in [2.75, 3.05) is 20.3 Å². The van der Waals surface area contributed by atoms with E-state index in [1.165, 1.54) is 6.08 Å². The van der Waals surface area contributed by atoms with E-state index in [4.69, 9.17) is 13.9 Å². The van der Waals surface area contributed by atoms with Gasteiger partial charge in [0.25, 0.3) is 5.91 Å². The van der Waals surface area contributed by atoms with Gasteiger partial charge in [0, 0.05) is 36.4 Å². The molecule has 0 radical (unpaired) electrons. The molecule has 1 heterocycles. The van der Waals surface area contributed by atoms with Crippen molar-refractivity contribution >= 4 is 11.9 Å². The fourth-order valence-corrected chi connectivity index (χ4v) is 3.53. The maximum atomic E-state index is 12.9. The van der Waals surface area contributed by atoms with Crippen LogP contribution in [0.2, 0.25) is 0 Å². The van der Waals surface area contributed by atoms with Gasteiger partial charge in [0.15, 0.2) is 0 Å². The Labute approximate surface area is 200 Å². The number of nitrogens with zero attached hydrogens (tertiary/aromatic N) is 1. The van der Waals surface area contributed by atoms with Crippen LogP contribution in [-0.4, -0.2) is 37.0 Å². The van der Waals surface area contributed by atoms with Gasteiger partial charge in [-0.2, -0.15) is 0 Å². The summed E-state index contributed by atoms with van der Waals surface area (Å²) in [6.07, 6.45) is 4.67. The molecule has 34 heavy (non-hydrogen) atoms. The van der Waals surface area contributed by atoms with Crippen molar-refractivity contribution < 1.29 is 23.5 Å². The normalized spacial score (nSPS) is 11.2. The number of allylic oxidation sites excluding steroid dienone is 1. The van der Waals surface area contributed by atoms with Gasteiger partial charge in [0.2, 0.25) is 0 Å². The fourth-order valence-electron chi connectivity index (χ4n) is 3.53. The van der Waals surface area contributed by atoms with Crippen molar-refractivity contribution in [3.63, 3.8) is 0 Å². The number of esters is 1. The molecular weight excluding hydrogens is 430 g/mol. The topological polar surface area (TPSA) is 69.0 Å². The summed E-state index contributed by atoms with van der Waals surface area (Å²) in [6, 6.07) is 18.8. The van der Waals surface area contributed by atoms with Crippen LogP contribution in [-0.2, 0) is 16.1 Å². The van der Waals surface area contributed by atoms with Crippen LogP contribution in [0.15, 0.2) is 83.0 Å². The van der Waals surface area contributed by atoms with Crippen molar-refractivity contribution in [3.05, 3.63) is 89.7 Å². The van der Waals surface area contributed by atoms with E-state index >= 15 is 0 Å². The van der Waals surface area contributed by atoms with Gasteiger partial charge in [-0.25, -0.2) is 4.79 Å². The molecule has 6 heteroatoms. The number of ether oxygens (including phenoxy) is 2. The van der Waals surface area contributed by atoms with E-state index in [9.17, 15) is 9.59 Å². The summed E-state index contributed by atoms with van der Waals surface area (Å²) in [4.78, 5) is 26.1. The van der Waals surface area contributed by atoms with Crippen LogP contribution >= 0.6 is 0 Å². The van der Waals surface area contributed by atoms with Gasteiger partial charge in [-0.3, -0.25) is 4.79 Å². The van der Waals surface area contributed by atoms with Gasteiger partial charge in [0.1, 0.15) is 11.5 Å². The number of rotatable bonds is 11. The number of furan rings is 1. The van der Waals surface area contributed by atoms with Crippen LogP contribution < -0.4 is 4.74 Å². The number of hydrogen-bond acceptors (Lipinski definition) is 5. The minimum absolute atomic E-state index is 0.0690. The Morgan fingerprint density at radius 3 is 2.50 bits per heavy atom. The smallest absolute Gasteiger partial charge is 0.330 e. The van der Waals surface area contributed by atoms with Crippen LogP contribution in [0.3, 0.4) is 0 Å². The largest absolute Gasteiger partial charge is 0.493 e. The Hall–Kier alpha value is -3.80. The van der Waals surface area contributed by atoms with Crippen LogP contribution in [0.25, 0.3) is 11.3 Å². The third kappa shape index (κ3) is 7.10. The SMILES string of the molecule is CCOC(=O)/C=C(\C)CCCOc1ccccc1CN(C)C(=O)c1ccc(-c2ccco2)cc1. The first-order chi connectivity index (χ1) is 16.5. The quantitative estimate of drug-likeness (QED) is 0.202. The summed E-state index contributed by atoms with van der Waals surface area (Å²) in [6.45, 7) is 5.01. The number of carbonyl (C=O) groups excluding carboxylic acids is 2. The monoisotopic (exact) mass is 461 g/mol. The minimum atomic E-state index is -0.311. The molecular formula is C28H31NO5. The first-order valence-corrected chi connectivity index (χ1v) is 11.4. The predicted octanol–water partition coefficient (Wildman–Crippen LogP) is 5.89. The summed E-state index contributed by atoms with van der Waals surface area (Å²) >= 11 is 0. The summed E-state index contributed by atoms with van der Waals surface area (Å²) in [7, 11) is 1.78. The van der Waals surface area contributed by atoms with Crippen molar-refractivity contribution in [3.8, 4) is 17.1 Å². The molecule has 0 unspecified atom stereocenters. The Morgan fingerprint density at radius 2 is 1.79 bits per heavy atom. The molecule has 0 aliphatic heterocycles. The Kier molecular flexibility index (Phi) is 9.09. The highest BCUT2D eigenvalue weighted by Gasteiger charge is 2.15. The van der Waals surface area contributed by atoms with Crippen LogP contribution in [0.4, 0.5) is 0 Å². The molecule has 3 rings (SSSR count). The van der Waals surface area contributed by atoms with E-state index in [1.807, 2.05) is 67.6 Å². The van der Waals surface area contributed by atoms with E-state index in [-0.39, 0.29) is 11.9 Å². The molecule has 0 bridgehead atoms. The molecule has 0 aliphatic rings. The van der Waals surface area contributed by atoms with E-state index in [0.717, 1.165) is 41.1 Å². The van der Waals surface area contributed by atoms with E-state index < -0.39 is 0 Å². The number of benzene rings is 2. The van der Waals surface area contributed by atoms with Gasteiger partial charge in [-0.1, -0.05) is 35.9 Å². The lowest BCUT2D eigenvalue weighted by Crippen LogP contribution is -2.26. The van der Waals surface area contributed by atoms with E-state index in [0.29, 0.717) is 25.3 Å². The summed E-state index contributed by atoms with van der Waals surface area (Å²) in [5, 5.41) is 0. The molecule has 1 aromatic heterocycles. The number of amides is 1. The third-order valence-electron chi connectivity index (χ3n) is 5.29. The molecule has 0 fully saturated rings. The summed E-state index contributed by atoms with van der Waals surface area (Å²) < 4.78 is 16.3. The molecule has 0 aliphatic carbocycles. The van der Waals surface area contributed by atoms with Gasteiger partial charge in [0.05, 0.1) is 19.5 Å². The van der Waals surface area contributed by atoms with Crippen molar-refractivity contribution in [1.82, 2.24) is 4.90 Å². The maximum Gasteiger partial charge on any atom is 0.330 e. The van der Waals surface area contributed by atoms with Gasteiger partial charge >= 0.3 is 5.97 Å². The highest BCUT2D eigenvalue weighted by molar-refractivity contribution is 5.94. The fraction of sp³-hybridized carbons (Fsp3) is 0.286. The molecule has 178 valence electrons. The van der Waals surface area contributed by atoms with Crippen molar-refractivity contribution in [2.45, 2.75) is 33.2 Å². The van der Waals surface area contributed by atoms with E-state index in [2.05, 4.69) is 0 Å². The minimum Gasteiger partial charge on any atom is -0.493 e. The zero-order chi connectivity index (χ0) is 24.3. The van der Waals surface area contributed by atoms with Gasteiger partial charge in [-0.05, 0) is 57.0 Å². The molecule has 0 spiro atoms. The summed E-state index contributed by atoms with van der Waals surface area (Å²) in [5.41, 5.74) is 3.43. The average Bonchev–Trinajstić information content (AvgIpc) is 3.37. The molecule has 0 saturated heterocycles. The highest BCUT2D eigenvalue weighted by atomic mass is 16.5. The van der Waals surface area contributed by atoms with Gasteiger partial charge < -0.3 is 18.8 Å². The lowest BCUT2D eigenvalue weighted by molar-refractivity contribution is -0.137. The average molecular weight is 462 g/mol. The molecule has 0 saturated carbocycles. The van der Waals surface area contributed by atoms with Crippen molar-refractivity contribution in [1.29, 1.82) is 0 Å². The second-order valence-electron chi connectivity index (χ2n) is 8.02. The molecule has 3 aromatic rings. The standard InChI is InChI=1S/C28H31NO5/c1-4-32-27(30)19-21(2)9-7-17-34-26-11-6-5-10-24(26)20-29(3)28(31)23-15-13-22(14-16-23)25-12-8-18-33-25/h5-6,8,10-16,18-19H,4,7,9,17,20H2,1-3H3/b21-19+. The van der Waals surface area contributed by atoms with Crippen molar-refractivity contribution in [2.24, 2.45) is 0 Å². The predicted molar refractivity (Wildman–Crippen MR) is 132 cm³/mol. The first kappa shape index (κ1) is 24.8. The zero-order valence-electron chi connectivity index (χ0n) is 20.0. The third-order valence-corrected chi connectivity index (χ3v) is 5.29. The Morgan fingerprint density at radius 1 is 1.03 bits per heavy atom. The number of carbonyl (C=O) groups is 2. The number of para-hydroxylation sites is 1. The maximum absolute atomic E-state index is 12.9. The second-order valence-corrected chi connectivity index (χ2v) is 8.02. The van der Waals surface area contributed by atoms with Crippen LogP contribution in [0, 0.1) is 0 Å².